The van der Waals surface area contributed by atoms with Gasteiger partial charge in [0.05, 0.1) is 12.5 Å². The summed E-state index contributed by atoms with van der Waals surface area (Å²) in [5.74, 6) is 0. The summed E-state index contributed by atoms with van der Waals surface area (Å²) in [6, 6.07) is 5.93. The van der Waals surface area contributed by atoms with Gasteiger partial charge in [-0.1, -0.05) is 37.4 Å². The molecule has 0 bridgehead atoms. The molecule has 2 amide bonds. The van der Waals surface area contributed by atoms with Crippen molar-refractivity contribution in [1.82, 2.24) is 0 Å². The molecule has 0 heterocycles. The van der Waals surface area contributed by atoms with Gasteiger partial charge >= 0.3 is 24.5 Å². The third kappa shape index (κ3) is 7.82. The van der Waals surface area contributed by atoms with Crippen molar-refractivity contribution in [2.45, 2.75) is 17.8 Å². The standard InChI is InChI=1S/C25H24F6N2O6/c1-3-36-13-15-38-21(34)32-19-9-5-17(6-10-19)23(24(26,27)28,25(29,30)31)18-7-11-20(12-8-18)33-22(35)39-16-14-37-4-2/h3-12H,1-2,13-16H2,(H,32,34)(H,33,35). The quantitative estimate of drug-likeness (QED) is 0.174. The molecule has 0 spiro atoms. The van der Waals surface area contributed by atoms with Crippen LogP contribution in [0, 0.1) is 0 Å². The molecule has 0 saturated heterocycles. The zero-order valence-corrected chi connectivity index (χ0v) is 20.2. The van der Waals surface area contributed by atoms with Crippen LogP contribution < -0.4 is 10.6 Å². The topological polar surface area (TPSA) is 95.1 Å². The van der Waals surface area contributed by atoms with Crippen LogP contribution in [0.1, 0.15) is 11.1 Å². The molecular weight excluding hydrogens is 538 g/mol. The van der Waals surface area contributed by atoms with Gasteiger partial charge in [-0.3, -0.25) is 10.6 Å². The van der Waals surface area contributed by atoms with E-state index in [0.29, 0.717) is 24.3 Å². The van der Waals surface area contributed by atoms with E-state index < -0.39 is 41.1 Å². The maximum atomic E-state index is 14.3. The van der Waals surface area contributed by atoms with Gasteiger partial charge in [-0.15, -0.1) is 0 Å². The SMILES string of the molecule is C=COCCOC(=O)Nc1ccc(C(c2ccc(NC(=O)OCCOC=C)cc2)(C(F)(F)F)C(F)(F)F)cc1. The molecular formula is C25H24F6N2O6. The van der Waals surface area contributed by atoms with Crippen LogP contribution in [-0.2, 0) is 24.4 Å². The van der Waals surface area contributed by atoms with E-state index in [1.807, 2.05) is 0 Å². The second-order valence-corrected chi connectivity index (χ2v) is 7.50. The lowest BCUT2D eigenvalue weighted by Gasteiger charge is -2.38. The molecule has 39 heavy (non-hydrogen) atoms. The highest BCUT2D eigenvalue weighted by Gasteiger charge is 2.72. The maximum Gasteiger partial charge on any atom is 0.411 e. The molecule has 212 valence electrons. The molecule has 0 fully saturated rings. The first-order valence-electron chi connectivity index (χ1n) is 11.0. The molecule has 0 aliphatic carbocycles. The average Bonchev–Trinajstić information content (AvgIpc) is 2.85. The summed E-state index contributed by atoms with van der Waals surface area (Å²) in [5, 5.41) is 4.38. The Hall–Kier alpha value is -4.36. The number of rotatable bonds is 12. The Balaban J connectivity index is 2.32. The lowest BCUT2D eigenvalue weighted by atomic mass is 9.73. The number of halogens is 6. The van der Waals surface area contributed by atoms with Crippen molar-refractivity contribution in [2.24, 2.45) is 0 Å². The Bertz CT molecular complexity index is 1030. The van der Waals surface area contributed by atoms with Gasteiger partial charge in [-0.05, 0) is 35.4 Å². The van der Waals surface area contributed by atoms with Gasteiger partial charge in [0.15, 0.2) is 0 Å². The summed E-state index contributed by atoms with van der Waals surface area (Å²) in [6.45, 7) is 6.23. The van der Waals surface area contributed by atoms with Gasteiger partial charge < -0.3 is 18.9 Å². The van der Waals surface area contributed by atoms with Crippen molar-refractivity contribution in [1.29, 1.82) is 0 Å². The highest BCUT2D eigenvalue weighted by Crippen LogP contribution is 2.56. The molecule has 14 heteroatoms. The number of carbonyl (C=O) groups excluding carboxylic acids is 2. The van der Waals surface area contributed by atoms with E-state index >= 15 is 0 Å². The van der Waals surface area contributed by atoms with Gasteiger partial charge in [0.1, 0.15) is 26.4 Å². The Morgan fingerprint density at radius 1 is 0.641 bits per heavy atom. The summed E-state index contributed by atoms with van der Waals surface area (Å²) in [4.78, 5) is 23.5. The number of alkyl halides is 6. The molecule has 0 aliphatic rings. The lowest BCUT2D eigenvalue weighted by Crippen LogP contribution is -2.54. The second kappa shape index (κ2) is 13.4. The molecule has 2 aromatic rings. The minimum Gasteiger partial charge on any atom is -0.498 e. The van der Waals surface area contributed by atoms with Crippen LogP contribution in [0.5, 0.6) is 0 Å². The molecule has 0 unspecified atom stereocenters. The van der Waals surface area contributed by atoms with Crippen LogP contribution in [0.25, 0.3) is 0 Å². The highest BCUT2D eigenvalue weighted by atomic mass is 19.4. The molecule has 0 radical (unpaired) electrons. The summed E-state index contributed by atoms with van der Waals surface area (Å²) in [6.07, 6.45) is -11.4. The Labute approximate surface area is 219 Å². The zero-order valence-electron chi connectivity index (χ0n) is 20.2. The highest BCUT2D eigenvalue weighted by molar-refractivity contribution is 5.85. The first-order valence-corrected chi connectivity index (χ1v) is 11.0. The first-order chi connectivity index (χ1) is 18.4. The molecule has 2 aromatic carbocycles. The monoisotopic (exact) mass is 562 g/mol. The van der Waals surface area contributed by atoms with E-state index in [4.69, 9.17) is 18.9 Å². The van der Waals surface area contributed by atoms with E-state index in [9.17, 15) is 35.9 Å². The number of hydrogen-bond acceptors (Lipinski definition) is 6. The summed E-state index contributed by atoms with van der Waals surface area (Å²) < 4.78 is 105. The molecule has 0 aliphatic heterocycles. The number of amides is 2. The molecule has 8 nitrogen and oxygen atoms in total. The predicted octanol–water partition coefficient (Wildman–Crippen LogP) is 6.51. The largest absolute Gasteiger partial charge is 0.498 e. The number of benzene rings is 2. The first kappa shape index (κ1) is 30.9. The van der Waals surface area contributed by atoms with Gasteiger partial charge in [-0.25, -0.2) is 9.59 Å². The molecule has 0 saturated carbocycles. The van der Waals surface area contributed by atoms with Crippen LogP contribution in [-0.4, -0.2) is 51.0 Å². The van der Waals surface area contributed by atoms with Crippen LogP contribution in [0.4, 0.5) is 47.3 Å². The van der Waals surface area contributed by atoms with Crippen molar-refractivity contribution < 1.29 is 54.9 Å². The number of hydrogen-bond donors (Lipinski definition) is 2. The van der Waals surface area contributed by atoms with E-state index in [1.165, 1.54) is 0 Å². The average molecular weight is 562 g/mol. The summed E-state index contributed by atoms with van der Waals surface area (Å²) >= 11 is 0. The van der Waals surface area contributed by atoms with Gasteiger partial charge in [0.25, 0.3) is 0 Å². The Kier molecular flexibility index (Phi) is 10.6. The van der Waals surface area contributed by atoms with Crippen molar-refractivity contribution in [3.05, 3.63) is 85.3 Å². The van der Waals surface area contributed by atoms with Crippen LogP contribution in [0.3, 0.4) is 0 Å². The molecule has 2 N–H and O–H groups in total. The zero-order chi connectivity index (χ0) is 29.1. The molecule has 2 rings (SSSR count). The number of ether oxygens (including phenoxy) is 4. The maximum absolute atomic E-state index is 14.3. The van der Waals surface area contributed by atoms with Gasteiger partial charge in [0, 0.05) is 11.4 Å². The number of nitrogens with one attached hydrogen (secondary N) is 2. The van der Waals surface area contributed by atoms with Crippen molar-refractivity contribution in [2.75, 3.05) is 37.1 Å². The van der Waals surface area contributed by atoms with Gasteiger partial charge in [0.2, 0.25) is 5.41 Å². The second-order valence-electron chi connectivity index (χ2n) is 7.50. The van der Waals surface area contributed by atoms with Crippen molar-refractivity contribution in [3.63, 3.8) is 0 Å². The fraction of sp³-hybridized carbons (Fsp3) is 0.280. The fourth-order valence-electron chi connectivity index (χ4n) is 3.43. The van der Waals surface area contributed by atoms with Crippen LogP contribution in [0.2, 0.25) is 0 Å². The van der Waals surface area contributed by atoms with Crippen LogP contribution >= 0.6 is 0 Å². The van der Waals surface area contributed by atoms with E-state index in [-0.39, 0.29) is 37.8 Å². The third-order valence-electron chi connectivity index (χ3n) is 5.08. The lowest BCUT2D eigenvalue weighted by molar-refractivity contribution is -0.288. The predicted molar refractivity (Wildman–Crippen MR) is 128 cm³/mol. The van der Waals surface area contributed by atoms with E-state index in [0.717, 1.165) is 36.8 Å². The van der Waals surface area contributed by atoms with Crippen molar-refractivity contribution in [3.8, 4) is 0 Å². The Morgan fingerprint density at radius 3 is 1.26 bits per heavy atom. The minimum atomic E-state index is -5.83. The normalized spacial score (nSPS) is 11.6. The van der Waals surface area contributed by atoms with E-state index in [1.54, 1.807) is 0 Å². The minimum absolute atomic E-state index is 0.00424. The smallest absolute Gasteiger partial charge is 0.411 e. The summed E-state index contributed by atoms with van der Waals surface area (Å²) in [5.41, 5.74) is -6.94. The van der Waals surface area contributed by atoms with E-state index in [2.05, 4.69) is 23.8 Å². The number of carbonyl (C=O) groups is 2. The van der Waals surface area contributed by atoms with Crippen LogP contribution in [0.15, 0.2) is 74.2 Å². The van der Waals surface area contributed by atoms with Crippen molar-refractivity contribution >= 4 is 23.6 Å². The Morgan fingerprint density at radius 2 is 0.974 bits per heavy atom. The van der Waals surface area contributed by atoms with Gasteiger partial charge in [-0.2, -0.15) is 26.3 Å². The fourth-order valence-corrected chi connectivity index (χ4v) is 3.43. The molecule has 0 atom stereocenters. The number of anilines is 2. The third-order valence-corrected chi connectivity index (χ3v) is 5.08. The summed E-state index contributed by atoms with van der Waals surface area (Å²) in [7, 11) is 0. The molecule has 0 aromatic heterocycles.